The minimum atomic E-state index is -1.79. The first-order valence-corrected chi connectivity index (χ1v) is 14.9. The Bertz CT molecular complexity index is 717. The van der Waals surface area contributed by atoms with Crippen LogP contribution in [0.15, 0.2) is 72.9 Å². The number of hydrogen-bond donors (Lipinski definition) is 0. The molecule has 0 saturated carbocycles. The van der Waals surface area contributed by atoms with E-state index in [1.54, 1.807) is 0 Å². The summed E-state index contributed by atoms with van der Waals surface area (Å²) in [6.45, 7) is 13.6. The summed E-state index contributed by atoms with van der Waals surface area (Å²) < 4.78 is 11.7. The predicted octanol–water partition coefficient (Wildman–Crippen LogP) is 8.00. The summed E-state index contributed by atoms with van der Waals surface area (Å²) in [7, 11) is -1.79. The third-order valence-electron chi connectivity index (χ3n) is 5.80. The normalized spacial score (nSPS) is 19.7. The molecule has 3 nitrogen and oxygen atoms in total. The third kappa shape index (κ3) is 12.2. The highest BCUT2D eigenvalue weighted by molar-refractivity contribution is 6.74. The molecule has 0 aromatic heterocycles. The van der Waals surface area contributed by atoms with E-state index in [0.29, 0.717) is 6.42 Å². The number of esters is 1. The Morgan fingerprint density at radius 2 is 1.66 bits per heavy atom. The molecule has 0 amide bonds. The predicted molar refractivity (Wildman–Crippen MR) is 140 cm³/mol. The molecule has 0 bridgehead atoms. The standard InChI is InChI=1S/C28H44O3Si/c1-7-8-17-21-26(31-32(5,6)28(2,3)4)22-19-16-14-12-10-9-11-13-15-18-20-25-23-24-27(29)30-25/h8-10,13-20,22,25-26H,7,11-12,21,23-24H2,1-6H3/b10-9-,15-13-,16-14-,17-8-,20-18+,22-19+/t25?,26-/m0/s1. The van der Waals surface area contributed by atoms with Gasteiger partial charge in [-0.1, -0.05) is 94.5 Å². The van der Waals surface area contributed by atoms with Gasteiger partial charge in [-0.25, -0.2) is 0 Å². The molecular weight excluding hydrogens is 412 g/mol. The molecule has 1 heterocycles. The van der Waals surface area contributed by atoms with Crippen LogP contribution in [0.3, 0.4) is 0 Å². The fourth-order valence-electron chi connectivity index (χ4n) is 2.84. The summed E-state index contributed by atoms with van der Waals surface area (Å²) in [5.74, 6) is -0.0959. The van der Waals surface area contributed by atoms with E-state index in [0.717, 1.165) is 32.1 Å². The summed E-state index contributed by atoms with van der Waals surface area (Å²) in [6.07, 6.45) is 30.6. The lowest BCUT2D eigenvalue weighted by molar-refractivity contribution is -0.139. The zero-order valence-corrected chi connectivity index (χ0v) is 22.1. The van der Waals surface area contributed by atoms with Crippen LogP contribution >= 0.6 is 0 Å². The maximum absolute atomic E-state index is 11.0. The van der Waals surface area contributed by atoms with Crippen molar-refractivity contribution < 1.29 is 14.0 Å². The molecule has 0 spiro atoms. The van der Waals surface area contributed by atoms with Crippen LogP contribution in [0, 0.1) is 0 Å². The Kier molecular flexibility index (Phi) is 13.2. The van der Waals surface area contributed by atoms with Crippen molar-refractivity contribution in [2.75, 3.05) is 0 Å². The highest BCUT2D eigenvalue weighted by atomic mass is 28.4. The maximum atomic E-state index is 11.0. The van der Waals surface area contributed by atoms with Crippen molar-refractivity contribution >= 4 is 14.3 Å². The molecule has 1 rings (SSSR count). The summed E-state index contributed by atoms with van der Waals surface area (Å²) >= 11 is 0. The summed E-state index contributed by atoms with van der Waals surface area (Å²) in [4.78, 5) is 11.0. The van der Waals surface area contributed by atoms with E-state index in [-0.39, 0.29) is 23.2 Å². The fourth-order valence-corrected chi connectivity index (χ4v) is 4.13. The van der Waals surface area contributed by atoms with Crippen LogP contribution < -0.4 is 0 Å². The van der Waals surface area contributed by atoms with Crippen LogP contribution in [0.2, 0.25) is 18.1 Å². The average Bonchev–Trinajstić information content (AvgIpc) is 3.12. The van der Waals surface area contributed by atoms with Crippen LogP contribution in [-0.4, -0.2) is 26.5 Å². The van der Waals surface area contributed by atoms with Crippen LogP contribution in [0.5, 0.6) is 0 Å². The van der Waals surface area contributed by atoms with Crippen LogP contribution in [0.25, 0.3) is 0 Å². The molecule has 4 heteroatoms. The number of carbonyl (C=O) groups excluding carboxylic acids is 1. The first-order valence-electron chi connectivity index (χ1n) is 12.0. The molecule has 178 valence electrons. The van der Waals surface area contributed by atoms with E-state index in [4.69, 9.17) is 9.16 Å². The number of carbonyl (C=O) groups is 1. The van der Waals surface area contributed by atoms with Gasteiger partial charge in [0.15, 0.2) is 8.32 Å². The fraction of sp³-hybridized carbons (Fsp3) is 0.536. The Morgan fingerprint density at radius 3 is 2.22 bits per heavy atom. The summed E-state index contributed by atoms with van der Waals surface area (Å²) in [5.41, 5.74) is 0. The van der Waals surface area contributed by atoms with Crippen molar-refractivity contribution in [3.8, 4) is 0 Å². The van der Waals surface area contributed by atoms with Gasteiger partial charge in [-0.05, 0) is 56.3 Å². The minimum absolute atomic E-state index is 0.0459. The largest absolute Gasteiger partial charge is 0.458 e. The molecule has 1 aliphatic heterocycles. The van der Waals surface area contributed by atoms with Crippen molar-refractivity contribution in [3.05, 3.63) is 72.9 Å². The number of cyclic esters (lactones) is 1. The Labute approximate surface area is 197 Å². The Balaban J connectivity index is 2.38. The van der Waals surface area contributed by atoms with E-state index in [1.165, 1.54) is 0 Å². The summed E-state index contributed by atoms with van der Waals surface area (Å²) in [5, 5.41) is 0.210. The molecule has 32 heavy (non-hydrogen) atoms. The van der Waals surface area contributed by atoms with E-state index in [2.05, 4.69) is 95.5 Å². The second-order valence-corrected chi connectivity index (χ2v) is 14.4. The monoisotopic (exact) mass is 456 g/mol. The molecule has 0 radical (unpaired) electrons. The number of hydrogen-bond acceptors (Lipinski definition) is 3. The second-order valence-electron chi connectivity index (χ2n) is 9.67. The third-order valence-corrected chi connectivity index (χ3v) is 10.3. The van der Waals surface area contributed by atoms with Gasteiger partial charge in [0.1, 0.15) is 6.10 Å². The van der Waals surface area contributed by atoms with Crippen molar-refractivity contribution in [1.82, 2.24) is 0 Å². The average molecular weight is 457 g/mol. The Hall–Kier alpha value is -1.91. The molecular formula is C28H44O3Si. The Morgan fingerprint density at radius 1 is 1.00 bits per heavy atom. The molecule has 0 aliphatic carbocycles. The van der Waals surface area contributed by atoms with Gasteiger partial charge in [0.2, 0.25) is 0 Å². The van der Waals surface area contributed by atoms with Crippen LogP contribution in [-0.2, 0) is 14.0 Å². The first-order chi connectivity index (χ1) is 15.2. The highest BCUT2D eigenvalue weighted by Crippen LogP contribution is 2.37. The van der Waals surface area contributed by atoms with Gasteiger partial charge in [-0.15, -0.1) is 0 Å². The second kappa shape index (κ2) is 15.0. The molecule has 1 fully saturated rings. The van der Waals surface area contributed by atoms with Gasteiger partial charge in [-0.2, -0.15) is 0 Å². The van der Waals surface area contributed by atoms with Gasteiger partial charge >= 0.3 is 5.97 Å². The van der Waals surface area contributed by atoms with E-state index in [9.17, 15) is 4.79 Å². The van der Waals surface area contributed by atoms with Crippen molar-refractivity contribution in [3.63, 3.8) is 0 Å². The SMILES string of the molecule is CC/C=C\C[C@@H](/C=C/C=C\C/C=C\C/C=C\C=C\C1CCC(=O)O1)O[Si](C)(C)C(C)(C)C. The zero-order valence-electron chi connectivity index (χ0n) is 21.1. The zero-order chi connectivity index (χ0) is 23.9. The molecule has 0 aromatic rings. The van der Waals surface area contributed by atoms with Gasteiger partial charge < -0.3 is 9.16 Å². The summed E-state index contributed by atoms with van der Waals surface area (Å²) in [6, 6.07) is 0. The molecule has 0 N–H and O–H groups in total. The molecule has 1 saturated heterocycles. The van der Waals surface area contributed by atoms with E-state index in [1.807, 2.05) is 18.2 Å². The van der Waals surface area contributed by atoms with Crippen molar-refractivity contribution in [1.29, 1.82) is 0 Å². The lowest BCUT2D eigenvalue weighted by Gasteiger charge is -2.38. The smallest absolute Gasteiger partial charge is 0.306 e. The van der Waals surface area contributed by atoms with Crippen LogP contribution in [0.1, 0.15) is 66.2 Å². The molecule has 0 aromatic carbocycles. The molecule has 1 unspecified atom stereocenters. The lowest BCUT2D eigenvalue weighted by atomic mass is 10.2. The number of ether oxygens (including phenoxy) is 1. The van der Waals surface area contributed by atoms with Crippen molar-refractivity contribution in [2.45, 2.75) is 96.6 Å². The molecule has 2 atom stereocenters. The van der Waals surface area contributed by atoms with E-state index >= 15 is 0 Å². The quantitative estimate of drug-likeness (QED) is 0.122. The highest BCUT2D eigenvalue weighted by Gasteiger charge is 2.38. The first kappa shape index (κ1) is 28.1. The van der Waals surface area contributed by atoms with Gasteiger partial charge in [-0.3, -0.25) is 4.79 Å². The molecule has 1 aliphatic rings. The van der Waals surface area contributed by atoms with E-state index < -0.39 is 8.32 Å². The van der Waals surface area contributed by atoms with Crippen molar-refractivity contribution in [2.24, 2.45) is 0 Å². The van der Waals surface area contributed by atoms with Crippen LogP contribution in [0.4, 0.5) is 0 Å². The van der Waals surface area contributed by atoms with Gasteiger partial charge in [0.05, 0.1) is 6.10 Å². The van der Waals surface area contributed by atoms with Gasteiger partial charge in [0.25, 0.3) is 0 Å². The topological polar surface area (TPSA) is 35.5 Å². The minimum Gasteiger partial charge on any atom is -0.458 e. The van der Waals surface area contributed by atoms with Gasteiger partial charge in [0, 0.05) is 6.42 Å². The number of rotatable bonds is 13. The lowest BCUT2D eigenvalue weighted by Crippen LogP contribution is -2.43. The number of allylic oxidation sites excluding steroid dienone is 9. The maximum Gasteiger partial charge on any atom is 0.306 e.